The average molecular weight is 328 g/mol. The van der Waals surface area contributed by atoms with Crippen molar-refractivity contribution in [3.63, 3.8) is 0 Å². The van der Waals surface area contributed by atoms with Crippen molar-refractivity contribution >= 4 is 23.5 Å². The highest BCUT2D eigenvalue weighted by Gasteiger charge is 2.30. The van der Waals surface area contributed by atoms with Gasteiger partial charge in [0.25, 0.3) is 0 Å². The summed E-state index contributed by atoms with van der Waals surface area (Å²) in [5.74, 6) is 4.19. The number of hydrogen-bond acceptors (Lipinski definition) is 6. The van der Waals surface area contributed by atoms with Gasteiger partial charge in [0.05, 0.1) is 5.25 Å². The molecule has 1 aromatic rings. The fourth-order valence-electron chi connectivity index (χ4n) is 3.10. The molecular weight excluding hydrogens is 302 g/mol. The molecule has 3 unspecified atom stereocenters. The maximum Gasteiger partial charge on any atom is 0.226 e. The van der Waals surface area contributed by atoms with E-state index in [9.17, 15) is 0 Å². The van der Waals surface area contributed by atoms with Crippen LogP contribution in [0.4, 0.5) is 0 Å². The van der Waals surface area contributed by atoms with E-state index in [1.165, 1.54) is 37.2 Å². The Labute approximate surface area is 135 Å². The molecular formula is C15H25N3OS2. The lowest BCUT2D eigenvalue weighted by molar-refractivity contribution is 0.340. The van der Waals surface area contributed by atoms with Crippen molar-refractivity contribution in [2.75, 3.05) is 18.1 Å². The molecule has 2 fully saturated rings. The molecule has 6 heteroatoms. The Kier molecular flexibility index (Phi) is 5.89. The molecule has 4 nitrogen and oxygen atoms in total. The molecule has 3 atom stereocenters. The lowest BCUT2D eigenvalue weighted by Gasteiger charge is -2.27. The topological polar surface area (TPSA) is 51.0 Å². The summed E-state index contributed by atoms with van der Waals surface area (Å²) >= 11 is 4.05. The van der Waals surface area contributed by atoms with Gasteiger partial charge in [-0.15, -0.1) is 11.8 Å². The van der Waals surface area contributed by atoms with Crippen LogP contribution in [0.3, 0.4) is 0 Å². The second-order valence-electron chi connectivity index (χ2n) is 5.84. The van der Waals surface area contributed by atoms with Crippen molar-refractivity contribution in [1.82, 2.24) is 15.5 Å². The summed E-state index contributed by atoms with van der Waals surface area (Å²) in [6, 6.07) is 0.636. The Morgan fingerprint density at radius 3 is 3.00 bits per heavy atom. The van der Waals surface area contributed by atoms with Crippen molar-refractivity contribution in [3.05, 3.63) is 11.7 Å². The summed E-state index contributed by atoms with van der Waals surface area (Å²) in [6.07, 6.45) is 7.15. The fourth-order valence-corrected chi connectivity index (χ4v) is 6.08. The highest BCUT2D eigenvalue weighted by Crippen LogP contribution is 2.42. The van der Waals surface area contributed by atoms with E-state index in [1.54, 1.807) is 0 Å². The Morgan fingerprint density at radius 1 is 1.29 bits per heavy atom. The third kappa shape index (κ3) is 4.17. The van der Waals surface area contributed by atoms with Gasteiger partial charge in [-0.3, -0.25) is 0 Å². The first kappa shape index (κ1) is 15.7. The zero-order valence-corrected chi connectivity index (χ0v) is 14.3. The number of thioether (sulfide) groups is 2. The third-order valence-corrected chi connectivity index (χ3v) is 7.55. The quantitative estimate of drug-likeness (QED) is 0.894. The normalized spacial score (nSPS) is 30.4. The first-order chi connectivity index (χ1) is 10.4. The minimum atomic E-state index is 0.416. The number of hydrogen-bond donors (Lipinski definition) is 1. The van der Waals surface area contributed by atoms with Crippen molar-refractivity contribution in [3.8, 4) is 0 Å². The van der Waals surface area contributed by atoms with Crippen LogP contribution in [0.5, 0.6) is 0 Å². The Bertz CT molecular complexity index is 434. The van der Waals surface area contributed by atoms with Crippen LogP contribution >= 0.6 is 23.5 Å². The van der Waals surface area contributed by atoms with Gasteiger partial charge in [0.2, 0.25) is 5.89 Å². The molecule has 1 aromatic heterocycles. The predicted octanol–water partition coefficient (Wildman–Crippen LogP) is 3.44. The molecule has 21 heavy (non-hydrogen) atoms. The third-order valence-electron chi connectivity index (χ3n) is 4.31. The first-order valence-corrected chi connectivity index (χ1v) is 10.3. The Morgan fingerprint density at radius 2 is 2.19 bits per heavy atom. The van der Waals surface area contributed by atoms with Gasteiger partial charge in [0.15, 0.2) is 5.82 Å². The molecule has 0 spiro atoms. The number of piperidine rings is 1. The van der Waals surface area contributed by atoms with E-state index in [0.717, 1.165) is 31.1 Å². The van der Waals surface area contributed by atoms with Crippen molar-refractivity contribution in [2.24, 2.45) is 0 Å². The average Bonchev–Trinajstić information content (AvgIpc) is 3.02. The fraction of sp³-hybridized carbons (Fsp3) is 0.867. The van der Waals surface area contributed by atoms with E-state index in [2.05, 4.69) is 34.1 Å². The zero-order chi connectivity index (χ0) is 14.5. The summed E-state index contributed by atoms with van der Waals surface area (Å²) in [7, 11) is 0. The molecule has 2 aliphatic heterocycles. The smallest absolute Gasteiger partial charge is 0.226 e. The number of nitrogens with zero attached hydrogens (tertiary/aromatic N) is 2. The van der Waals surface area contributed by atoms with Crippen LogP contribution in [-0.4, -0.2) is 39.5 Å². The number of nitrogens with one attached hydrogen (secondary N) is 1. The van der Waals surface area contributed by atoms with Crippen molar-refractivity contribution in [1.29, 1.82) is 0 Å². The highest BCUT2D eigenvalue weighted by atomic mass is 32.2. The summed E-state index contributed by atoms with van der Waals surface area (Å²) in [5.41, 5.74) is 0. The van der Waals surface area contributed by atoms with Gasteiger partial charge < -0.3 is 9.84 Å². The lowest BCUT2D eigenvalue weighted by Crippen LogP contribution is -2.34. The molecule has 1 N–H and O–H groups in total. The summed E-state index contributed by atoms with van der Waals surface area (Å²) < 4.78 is 5.49. The molecule has 0 amide bonds. The van der Waals surface area contributed by atoms with Crippen molar-refractivity contribution < 1.29 is 4.52 Å². The van der Waals surface area contributed by atoms with Gasteiger partial charge in [-0.1, -0.05) is 18.5 Å². The molecule has 0 aromatic carbocycles. The van der Waals surface area contributed by atoms with E-state index in [-0.39, 0.29) is 0 Å². The molecule has 2 saturated heterocycles. The minimum absolute atomic E-state index is 0.416. The molecule has 3 rings (SSSR count). The molecule has 3 heterocycles. The molecule has 0 bridgehead atoms. The summed E-state index contributed by atoms with van der Waals surface area (Å²) in [6.45, 7) is 3.42. The number of rotatable bonds is 5. The van der Waals surface area contributed by atoms with Gasteiger partial charge in [-0.05, 0) is 32.2 Å². The molecule has 0 radical (unpaired) electrons. The Balaban J connectivity index is 1.55. The molecule has 118 valence electrons. The van der Waals surface area contributed by atoms with Crippen LogP contribution in [-0.2, 0) is 6.42 Å². The zero-order valence-electron chi connectivity index (χ0n) is 12.7. The molecule has 0 aliphatic carbocycles. The largest absolute Gasteiger partial charge is 0.339 e. The van der Waals surface area contributed by atoms with Crippen LogP contribution in [0.1, 0.15) is 56.0 Å². The predicted molar refractivity (Wildman–Crippen MR) is 90.0 cm³/mol. The van der Waals surface area contributed by atoms with Crippen LogP contribution in [0.25, 0.3) is 0 Å². The van der Waals surface area contributed by atoms with E-state index in [1.807, 2.05) is 11.8 Å². The monoisotopic (exact) mass is 327 g/mol. The molecule has 2 aliphatic rings. The summed E-state index contributed by atoms with van der Waals surface area (Å²) in [5, 5.41) is 8.89. The van der Waals surface area contributed by atoms with Gasteiger partial charge in [0, 0.05) is 29.2 Å². The van der Waals surface area contributed by atoms with Crippen LogP contribution in [0, 0.1) is 0 Å². The maximum absolute atomic E-state index is 5.49. The second kappa shape index (κ2) is 7.88. The first-order valence-electron chi connectivity index (χ1n) is 8.16. The van der Waals surface area contributed by atoms with E-state index < -0.39 is 0 Å². The SMILES string of the molecule is CCC1SCCSC1c1noc(CCC2CCCCN2)n1. The Hall–Kier alpha value is -0.200. The van der Waals surface area contributed by atoms with E-state index in [0.29, 0.717) is 16.5 Å². The minimum Gasteiger partial charge on any atom is -0.339 e. The van der Waals surface area contributed by atoms with Crippen LogP contribution in [0.15, 0.2) is 4.52 Å². The van der Waals surface area contributed by atoms with E-state index >= 15 is 0 Å². The van der Waals surface area contributed by atoms with Gasteiger partial charge in [0.1, 0.15) is 0 Å². The maximum atomic E-state index is 5.49. The van der Waals surface area contributed by atoms with Gasteiger partial charge in [-0.25, -0.2) is 0 Å². The highest BCUT2D eigenvalue weighted by molar-refractivity contribution is 8.06. The van der Waals surface area contributed by atoms with Crippen molar-refractivity contribution in [2.45, 2.75) is 62.0 Å². The molecule has 0 saturated carbocycles. The van der Waals surface area contributed by atoms with Crippen LogP contribution in [0.2, 0.25) is 0 Å². The van der Waals surface area contributed by atoms with E-state index in [4.69, 9.17) is 4.52 Å². The standard InChI is InChI=1S/C15H25N3OS2/c1-2-12-14(21-10-9-20-12)15-17-13(19-18-15)7-6-11-5-3-4-8-16-11/h11-12,14,16H,2-10H2,1H3. The lowest BCUT2D eigenvalue weighted by atomic mass is 10.0. The number of aryl methyl sites for hydroxylation is 1. The summed E-state index contributed by atoms with van der Waals surface area (Å²) in [4.78, 5) is 4.68. The second-order valence-corrected chi connectivity index (χ2v) is 8.44. The number of aromatic nitrogens is 2. The van der Waals surface area contributed by atoms with Gasteiger partial charge >= 0.3 is 0 Å². The van der Waals surface area contributed by atoms with Gasteiger partial charge in [-0.2, -0.15) is 16.7 Å². The van der Waals surface area contributed by atoms with Crippen LogP contribution < -0.4 is 5.32 Å².